The SMILES string of the molecule is CN(C(=O)CCc1nc(CN2CCN(C(=O)c3ccc(Br)cc3)CC2)no1)C1CCCCC1. The summed E-state index contributed by atoms with van der Waals surface area (Å²) in [6.07, 6.45) is 6.78. The Hall–Kier alpha value is -2.26. The van der Waals surface area contributed by atoms with E-state index in [1.54, 1.807) is 0 Å². The molecule has 0 bridgehead atoms. The lowest BCUT2D eigenvalue weighted by molar-refractivity contribution is -0.132. The lowest BCUT2D eigenvalue weighted by Gasteiger charge is -2.34. The summed E-state index contributed by atoms with van der Waals surface area (Å²) >= 11 is 3.40. The molecule has 1 saturated heterocycles. The zero-order valence-electron chi connectivity index (χ0n) is 19.2. The highest BCUT2D eigenvalue weighted by Crippen LogP contribution is 2.22. The van der Waals surface area contributed by atoms with E-state index in [2.05, 4.69) is 31.0 Å². The first kappa shape index (κ1) is 23.9. The summed E-state index contributed by atoms with van der Waals surface area (Å²) < 4.78 is 6.34. The van der Waals surface area contributed by atoms with Gasteiger partial charge in [0, 0.05) is 62.1 Å². The van der Waals surface area contributed by atoms with Gasteiger partial charge in [0.2, 0.25) is 11.8 Å². The van der Waals surface area contributed by atoms with Crippen LogP contribution >= 0.6 is 15.9 Å². The Morgan fingerprint density at radius 1 is 1.09 bits per heavy atom. The van der Waals surface area contributed by atoms with Crippen molar-refractivity contribution < 1.29 is 14.1 Å². The van der Waals surface area contributed by atoms with E-state index in [1.165, 1.54) is 19.3 Å². The highest BCUT2D eigenvalue weighted by Gasteiger charge is 2.24. The summed E-state index contributed by atoms with van der Waals surface area (Å²) in [5.41, 5.74) is 0.707. The van der Waals surface area contributed by atoms with Crippen molar-refractivity contribution in [1.82, 2.24) is 24.8 Å². The van der Waals surface area contributed by atoms with Gasteiger partial charge < -0.3 is 14.3 Å². The number of amides is 2. The first-order chi connectivity index (χ1) is 16.0. The van der Waals surface area contributed by atoms with Gasteiger partial charge in [-0.1, -0.05) is 40.3 Å². The van der Waals surface area contributed by atoms with Crippen LogP contribution in [0.3, 0.4) is 0 Å². The minimum absolute atomic E-state index is 0.0619. The largest absolute Gasteiger partial charge is 0.343 e. The number of aromatic nitrogens is 2. The lowest BCUT2D eigenvalue weighted by Crippen LogP contribution is -2.48. The van der Waals surface area contributed by atoms with Crippen molar-refractivity contribution in [3.05, 3.63) is 46.0 Å². The number of benzene rings is 1. The summed E-state index contributed by atoms with van der Waals surface area (Å²) in [5.74, 6) is 1.35. The maximum atomic E-state index is 12.7. The number of aryl methyl sites for hydroxylation is 1. The summed E-state index contributed by atoms with van der Waals surface area (Å²) in [7, 11) is 1.92. The summed E-state index contributed by atoms with van der Waals surface area (Å²) in [6.45, 7) is 3.44. The first-order valence-electron chi connectivity index (χ1n) is 11.8. The van der Waals surface area contributed by atoms with Gasteiger partial charge in [-0.05, 0) is 37.1 Å². The molecule has 8 nitrogen and oxygen atoms in total. The summed E-state index contributed by atoms with van der Waals surface area (Å²) in [4.78, 5) is 35.7. The van der Waals surface area contributed by atoms with Crippen LogP contribution in [0.5, 0.6) is 0 Å². The third kappa shape index (κ3) is 6.41. The van der Waals surface area contributed by atoms with Crippen molar-refractivity contribution in [2.75, 3.05) is 33.2 Å². The minimum atomic E-state index is 0.0619. The monoisotopic (exact) mass is 517 g/mol. The molecule has 1 aliphatic heterocycles. The Morgan fingerprint density at radius 3 is 2.48 bits per heavy atom. The van der Waals surface area contributed by atoms with Gasteiger partial charge in [0.15, 0.2) is 5.82 Å². The van der Waals surface area contributed by atoms with Crippen LogP contribution in [0.1, 0.15) is 60.6 Å². The van der Waals surface area contributed by atoms with Gasteiger partial charge in [-0.25, -0.2) is 0 Å². The van der Waals surface area contributed by atoms with Crippen molar-refractivity contribution in [3.8, 4) is 0 Å². The van der Waals surface area contributed by atoms with Crippen LogP contribution < -0.4 is 0 Å². The molecule has 1 saturated carbocycles. The van der Waals surface area contributed by atoms with Gasteiger partial charge in [0.05, 0.1) is 6.54 Å². The van der Waals surface area contributed by atoms with E-state index in [9.17, 15) is 9.59 Å². The van der Waals surface area contributed by atoms with Crippen LogP contribution in [0.25, 0.3) is 0 Å². The summed E-state index contributed by atoms with van der Waals surface area (Å²) in [6, 6.07) is 7.84. The Morgan fingerprint density at radius 2 is 1.79 bits per heavy atom. The molecule has 178 valence electrons. The second-order valence-corrected chi connectivity index (χ2v) is 9.89. The van der Waals surface area contributed by atoms with Crippen LogP contribution in [0.2, 0.25) is 0 Å². The number of hydrogen-bond donors (Lipinski definition) is 0. The Labute approximate surface area is 203 Å². The number of rotatable bonds is 7. The molecule has 0 spiro atoms. The standard InChI is InChI=1S/C24H32BrN5O3/c1-28(20-5-3-2-4-6-20)23(31)12-11-22-26-21(27-33-22)17-29-13-15-30(16-14-29)24(32)18-7-9-19(25)10-8-18/h7-10,20H,2-6,11-17H2,1H3. The zero-order valence-corrected chi connectivity index (χ0v) is 20.8. The number of carbonyl (C=O) groups is 2. The number of piperazine rings is 1. The molecule has 4 rings (SSSR count). The van der Waals surface area contributed by atoms with E-state index in [0.717, 1.165) is 30.4 Å². The quantitative estimate of drug-likeness (QED) is 0.558. The normalized spacial score (nSPS) is 17.8. The van der Waals surface area contributed by atoms with Crippen molar-refractivity contribution in [2.24, 2.45) is 0 Å². The number of nitrogens with zero attached hydrogens (tertiary/aromatic N) is 5. The van der Waals surface area contributed by atoms with Crippen molar-refractivity contribution in [2.45, 2.75) is 57.5 Å². The highest BCUT2D eigenvalue weighted by molar-refractivity contribution is 9.10. The molecule has 2 heterocycles. The number of halogens is 1. The molecule has 1 aromatic heterocycles. The first-order valence-corrected chi connectivity index (χ1v) is 12.6. The van der Waals surface area contributed by atoms with Gasteiger partial charge in [-0.3, -0.25) is 14.5 Å². The van der Waals surface area contributed by atoms with E-state index in [4.69, 9.17) is 4.52 Å². The van der Waals surface area contributed by atoms with Crippen LogP contribution in [-0.2, 0) is 17.8 Å². The van der Waals surface area contributed by atoms with E-state index in [-0.39, 0.29) is 11.8 Å². The molecule has 2 amide bonds. The average molecular weight is 518 g/mol. The molecule has 2 aromatic rings. The zero-order chi connectivity index (χ0) is 23.2. The molecule has 1 aromatic carbocycles. The van der Waals surface area contributed by atoms with E-state index >= 15 is 0 Å². The molecular formula is C24H32BrN5O3. The molecular weight excluding hydrogens is 486 g/mol. The van der Waals surface area contributed by atoms with Gasteiger partial charge in [-0.2, -0.15) is 4.98 Å². The molecule has 0 N–H and O–H groups in total. The van der Waals surface area contributed by atoms with Crippen molar-refractivity contribution in [3.63, 3.8) is 0 Å². The molecule has 9 heteroatoms. The summed E-state index contributed by atoms with van der Waals surface area (Å²) in [5, 5.41) is 4.10. The van der Waals surface area contributed by atoms with Gasteiger partial charge in [-0.15, -0.1) is 0 Å². The molecule has 2 fully saturated rings. The Bertz CT molecular complexity index is 934. The fourth-order valence-corrected chi connectivity index (χ4v) is 4.87. The smallest absolute Gasteiger partial charge is 0.253 e. The predicted molar refractivity (Wildman–Crippen MR) is 128 cm³/mol. The molecule has 2 aliphatic rings. The van der Waals surface area contributed by atoms with E-state index in [1.807, 2.05) is 41.1 Å². The fraction of sp³-hybridized carbons (Fsp3) is 0.583. The second-order valence-electron chi connectivity index (χ2n) is 8.98. The molecule has 0 radical (unpaired) electrons. The topological polar surface area (TPSA) is 82.8 Å². The minimum Gasteiger partial charge on any atom is -0.343 e. The van der Waals surface area contributed by atoms with Crippen LogP contribution in [0, 0.1) is 0 Å². The lowest BCUT2D eigenvalue weighted by atomic mass is 9.94. The predicted octanol–water partition coefficient (Wildman–Crippen LogP) is 3.51. The van der Waals surface area contributed by atoms with Crippen LogP contribution in [-0.4, -0.2) is 75.9 Å². The third-order valence-corrected chi connectivity index (χ3v) is 7.22. The molecule has 0 atom stereocenters. The number of carbonyl (C=O) groups excluding carboxylic acids is 2. The maximum Gasteiger partial charge on any atom is 0.253 e. The Kier molecular flexibility index (Phi) is 8.14. The highest BCUT2D eigenvalue weighted by atomic mass is 79.9. The maximum absolute atomic E-state index is 12.7. The van der Waals surface area contributed by atoms with Crippen molar-refractivity contribution >= 4 is 27.7 Å². The van der Waals surface area contributed by atoms with Crippen LogP contribution in [0.4, 0.5) is 0 Å². The van der Waals surface area contributed by atoms with E-state index in [0.29, 0.717) is 55.8 Å². The molecule has 1 aliphatic carbocycles. The number of hydrogen-bond acceptors (Lipinski definition) is 6. The van der Waals surface area contributed by atoms with E-state index < -0.39 is 0 Å². The average Bonchev–Trinajstić information content (AvgIpc) is 3.30. The van der Waals surface area contributed by atoms with Gasteiger partial charge >= 0.3 is 0 Å². The third-order valence-electron chi connectivity index (χ3n) is 6.69. The second kappa shape index (κ2) is 11.2. The van der Waals surface area contributed by atoms with Crippen molar-refractivity contribution in [1.29, 1.82) is 0 Å². The Balaban J connectivity index is 1.20. The van der Waals surface area contributed by atoms with Crippen LogP contribution in [0.15, 0.2) is 33.3 Å². The molecule has 0 unspecified atom stereocenters. The van der Waals surface area contributed by atoms with Gasteiger partial charge in [0.25, 0.3) is 5.91 Å². The fourth-order valence-electron chi connectivity index (χ4n) is 4.60. The van der Waals surface area contributed by atoms with Gasteiger partial charge in [0.1, 0.15) is 0 Å². The molecule has 33 heavy (non-hydrogen) atoms.